The number of thioether (sulfide) groups is 1. The molecule has 2 aromatic carbocycles. The van der Waals surface area contributed by atoms with E-state index in [-0.39, 0.29) is 5.56 Å². The molecule has 2 aromatic heterocycles. The Morgan fingerprint density at radius 1 is 1.20 bits per heavy atom. The van der Waals surface area contributed by atoms with Crippen molar-refractivity contribution in [2.45, 2.75) is 30.8 Å². The molecule has 0 saturated carbocycles. The third-order valence-electron chi connectivity index (χ3n) is 4.50. The number of benzene rings is 2. The van der Waals surface area contributed by atoms with Gasteiger partial charge in [-0.05, 0) is 47.2 Å². The van der Waals surface area contributed by atoms with Crippen molar-refractivity contribution < 1.29 is 4.74 Å². The topological polar surface area (TPSA) is 87.7 Å². The van der Waals surface area contributed by atoms with E-state index in [1.165, 1.54) is 11.8 Å². The molecule has 8 nitrogen and oxygen atoms in total. The molecule has 4 aromatic rings. The average Bonchev–Trinajstić information content (AvgIpc) is 3.19. The molecule has 0 saturated heterocycles. The van der Waals surface area contributed by atoms with E-state index in [9.17, 15) is 4.79 Å². The Kier molecular flexibility index (Phi) is 6.01. The summed E-state index contributed by atoms with van der Waals surface area (Å²) in [6.07, 6.45) is 0.918. The van der Waals surface area contributed by atoms with Gasteiger partial charge in [-0.15, -0.1) is 5.10 Å². The largest absolute Gasteiger partial charge is 0.495 e. The fraction of sp³-hybridized carbons (Fsp3) is 0.250. The number of aromatic nitrogens is 6. The first-order chi connectivity index (χ1) is 14.6. The van der Waals surface area contributed by atoms with Gasteiger partial charge in [0.05, 0.1) is 29.5 Å². The first-order valence-electron chi connectivity index (χ1n) is 9.36. The van der Waals surface area contributed by atoms with Crippen LogP contribution in [0.4, 0.5) is 0 Å². The minimum absolute atomic E-state index is 0.197. The quantitative estimate of drug-likeness (QED) is 0.318. The lowest BCUT2D eigenvalue weighted by molar-refractivity contribution is 0.411. The van der Waals surface area contributed by atoms with Crippen LogP contribution in [-0.2, 0) is 12.3 Å². The van der Waals surface area contributed by atoms with E-state index >= 15 is 0 Å². The summed E-state index contributed by atoms with van der Waals surface area (Å²) in [5, 5.41) is 13.4. The molecule has 0 radical (unpaired) electrons. The lowest BCUT2D eigenvalue weighted by Gasteiger charge is -2.15. The van der Waals surface area contributed by atoms with Gasteiger partial charge in [-0.3, -0.25) is 9.36 Å². The van der Waals surface area contributed by atoms with Gasteiger partial charge in [-0.25, -0.2) is 9.67 Å². The van der Waals surface area contributed by atoms with Gasteiger partial charge in [0.1, 0.15) is 5.75 Å². The van der Waals surface area contributed by atoms with Crippen molar-refractivity contribution in [2.75, 3.05) is 7.11 Å². The van der Waals surface area contributed by atoms with Crippen LogP contribution in [0.5, 0.6) is 5.75 Å². The Labute approximate surface area is 181 Å². The van der Waals surface area contributed by atoms with Crippen molar-refractivity contribution in [3.8, 4) is 11.4 Å². The smallest absolute Gasteiger partial charge is 0.266 e. The summed E-state index contributed by atoms with van der Waals surface area (Å²) >= 11 is 7.52. The number of halogens is 1. The van der Waals surface area contributed by atoms with Crippen LogP contribution in [0.25, 0.3) is 16.6 Å². The maximum Gasteiger partial charge on any atom is 0.266 e. The van der Waals surface area contributed by atoms with Crippen molar-refractivity contribution in [3.05, 3.63) is 63.7 Å². The highest BCUT2D eigenvalue weighted by atomic mass is 35.5. The van der Waals surface area contributed by atoms with Crippen LogP contribution >= 0.6 is 23.4 Å². The lowest BCUT2D eigenvalue weighted by atomic mass is 10.2. The van der Waals surface area contributed by atoms with E-state index in [1.807, 2.05) is 24.3 Å². The minimum atomic E-state index is -0.197. The molecule has 0 aliphatic heterocycles. The predicted octanol–water partition coefficient (Wildman–Crippen LogP) is 3.74. The van der Waals surface area contributed by atoms with Crippen LogP contribution < -0.4 is 10.3 Å². The van der Waals surface area contributed by atoms with Crippen LogP contribution in [0, 0.1) is 0 Å². The molecule has 0 N–H and O–H groups in total. The number of tetrazole rings is 1. The van der Waals surface area contributed by atoms with E-state index in [0.717, 1.165) is 13.0 Å². The number of ether oxygens (including phenoxy) is 1. The third-order valence-corrected chi connectivity index (χ3v) is 5.67. The summed E-state index contributed by atoms with van der Waals surface area (Å²) in [6.45, 7) is 2.79. The first-order valence-corrected chi connectivity index (χ1v) is 10.7. The monoisotopic (exact) mass is 442 g/mol. The van der Waals surface area contributed by atoms with Crippen molar-refractivity contribution in [3.63, 3.8) is 0 Å². The number of fused-ring (bicyclic) bond motifs is 1. The molecule has 0 amide bonds. The maximum atomic E-state index is 13.4. The second-order valence-electron chi connectivity index (χ2n) is 6.48. The summed E-state index contributed by atoms with van der Waals surface area (Å²) in [7, 11) is 1.57. The number of nitrogens with zero attached hydrogens (tertiary/aromatic N) is 6. The second-order valence-corrected chi connectivity index (χ2v) is 7.85. The van der Waals surface area contributed by atoms with Gasteiger partial charge in [0, 0.05) is 11.6 Å². The molecule has 0 unspecified atom stereocenters. The standard InChI is InChI=1S/C20H19ClN6O2S/c1-3-10-26-18(23-24-25-26)12-30-20-22-15-11-13(21)8-9-14(15)19(28)27(20)16-6-4-5-7-17(16)29-2/h4-9,11H,3,10,12H2,1-2H3. The summed E-state index contributed by atoms with van der Waals surface area (Å²) in [5.74, 6) is 1.75. The van der Waals surface area contributed by atoms with Crippen LogP contribution in [0.3, 0.4) is 0 Å². The first kappa shape index (κ1) is 20.4. The molecule has 154 valence electrons. The predicted molar refractivity (Wildman–Crippen MR) is 117 cm³/mol. The molecule has 0 aliphatic carbocycles. The van der Waals surface area contributed by atoms with Crippen LogP contribution in [-0.4, -0.2) is 36.9 Å². The highest BCUT2D eigenvalue weighted by Gasteiger charge is 2.18. The number of hydrogen-bond donors (Lipinski definition) is 0. The van der Waals surface area contributed by atoms with Crippen molar-refractivity contribution in [1.82, 2.24) is 29.8 Å². The van der Waals surface area contributed by atoms with E-state index in [4.69, 9.17) is 21.3 Å². The van der Waals surface area contributed by atoms with E-state index in [0.29, 0.717) is 44.1 Å². The fourth-order valence-corrected chi connectivity index (χ4v) is 4.21. The second kappa shape index (κ2) is 8.85. The highest BCUT2D eigenvalue weighted by Crippen LogP contribution is 2.29. The fourth-order valence-electron chi connectivity index (χ4n) is 3.10. The Hall–Kier alpha value is -2.91. The van der Waals surface area contributed by atoms with Crippen molar-refractivity contribution in [2.24, 2.45) is 0 Å². The van der Waals surface area contributed by atoms with Gasteiger partial charge in [0.15, 0.2) is 11.0 Å². The minimum Gasteiger partial charge on any atom is -0.495 e. The summed E-state index contributed by atoms with van der Waals surface area (Å²) in [4.78, 5) is 18.2. The van der Waals surface area contributed by atoms with Crippen molar-refractivity contribution >= 4 is 34.3 Å². The molecule has 2 heterocycles. The molecule has 0 fully saturated rings. The lowest BCUT2D eigenvalue weighted by Crippen LogP contribution is -2.22. The number of methoxy groups -OCH3 is 1. The van der Waals surface area contributed by atoms with Crippen molar-refractivity contribution in [1.29, 1.82) is 0 Å². The molecular weight excluding hydrogens is 424 g/mol. The molecular formula is C20H19ClN6O2S. The summed E-state index contributed by atoms with van der Waals surface area (Å²) < 4.78 is 8.81. The Bertz CT molecular complexity index is 1260. The number of hydrogen-bond acceptors (Lipinski definition) is 7. The molecule has 0 bridgehead atoms. The summed E-state index contributed by atoms with van der Waals surface area (Å²) in [5.41, 5.74) is 0.955. The van der Waals surface area contributed by atoms with Crippen LogP contribution in [0.2, 0.25) is 5.02 Å². The Morgan fingerprint density at radius 2 is 2.03 bits per heavy atom. The van der Waals surface area contributed by atoms with E-state index in [1.54, 1.807) is 34.6 Å². The zero-order valence-electron chi connectivity index (χ0n) is 16.4. The Balaban J connectivity index is 1.86. The number of para-hydroxylation sites is 2. The van der Waals surface area contributed by atoms with Gasteiger partial charge in [0.25, 0.3) is 5.56 Å². The van der Waals surface area contributed by atoms with Crippen LogP contribution in [0.15, 0.2) is 52.4 Å². The van der Waals surface area contributed by atoms with Gasteiger partial charge >= 0.3 is 0 Å². The number of rotatable bonds is 7. The van der Waals surface area contributed by atoms with E-state index in [2.05, 4.69) is 22.4 Å². The average molecular weight is 443 g/mol. The van der Waals surface area contributed by atoms with Gasteiger partial charge < -0.3 is 4.74 Å². The molecule has 0 atom stereocenters. The van der Waals surface area contributed by atoms with Gasteiger partial charge in [-0.1, -0.05) is 42.4 Å². The van der Waals surface area contributed by atoms with Gasteiger partial charge in [0.2, 0.25) is 0 Å². The Morgan fingerprint density at radius 3 is 2.83 bits per heavy atom. The molecule has 0 aliphatic rings. The van der Waals surface area contributed by atoms with Crippen LogP contribution in [0.1, 0.15) is 19.2 Å². The summed E-state index contributed by atoms with van der Waals surface area (Å²) in [6, 6.07) is 12.4. The molecule has 0 spiro atoms. The zero-order valence-corrected chi connectivity index (χ0v) is 18.0. The molecule has 4 rings (SSSR count). The maximum absolute atomic E-state index is 13.4. The number of aryl methyl sites for hydroxylation is 1. The highest BCUT2D eigenvalue weighted by molar-refractivity contribution is 7.98. The zero-order chi connectivity index (χ0) is 21.1. The normalized spacial score (nSPS) is 11.2. The van der Waals surface area contributed by atoms with Gasteiger partial charge in [-0.2, -0.15) is 0 Å². The molecule has 10 heteroatoms. The molecule has 30 heavy (non-hydrogen) atoms. The van der Waals surface area contributed by atoms with E-state index < -0.39 is 0 Å². The SMILES string of the molecule is CCCn1nnnc1CSc1nc2cc(Cl)ccc2c(=O)n1-c1ccccc1OC. The third kappa shape index (κ3) is 3.90.